The zero-order valence-electron chi connectivity index (χ0n) is 14.0. The van der Waals surface area contributed by atoms with Crippen LogP contribution in [0.25, 0.3) is 10.8 Å². The molecule has 0 radical (unpaired) electrons. The van der Waals surface area contributed by atoms with Gasteiger partial charge >= 0.3 is 0 Å². The maximum atomic E-state index is 12.7. The van der Waals surface area contributed by atoms with E-state index in [1.807, 2.05) is 18.2 Å². The zero-order chi connectivity index (χ0) is 18.1. The lowest BCUT2D eigenvalue weighted by atomic mass is 10.1. The number of fused-ring (bicyclic) bond motifs is 1. The molecule has 6 nitrogen and oxygen atoms in total. The van der Waals surface area contributed by atoms with Crippen molar-refractivity contribution < 1.29 is 9.59 Å². The molecule has 1 aliphatic heterocycles. The first-order chi connectivity index (χ1) is 12.6. The molecule has 0 unspecified atom stereocenters. The van der Waals surface area contributed by atoms with E-state index in [9.17, 15) is 14.4 Å². The van der Waals surface area contributed by atoms with Crippen LogP contribution in [-0.4, -0.2) is 23.3 Å². The van der Waals surface area contributed by atoms with Crippen molar-refractivity contribution in [2.24, 2.45) is 0 Å². The van der Waals surface area contributed by atoms with E-state index in [1.165, 1.54) is 0 Å². The Labute approximate surface area is 149 Å². The third kappa shape index (κ3) is 2.86. The minimum Gasteiger partial charge on any atom is -0.319 e. The van der Waals surface area contributed by atoms with Crippen molar-refractivity contribution in [3.05, 3.63) is 70.6 Å². The third-order valence-electron chi connectivity index (χ3n) is 4.51. The van der Waals surface area contributed by atoms with Crippen LogP contribution in [0.5, 0.6) is 0 Å². The Hall–Kier alpha value is -3.41. The summed E-state index contributed by atoms with van der Waals surface area (Å²) in [6, 6.07) is 15.9. The van der Waals surface area contributed by atoms with Crippen LogP contribution in [-0.2, 0) is 4.79 Å². The molecule has 2 aromatic carbocycles. The maximum Gasteiger partial charge on any atom is 0.272 e. The van der Waals surface area contributed by atoms with Gasteiger partial charge in [0, 0.05) is 18.4 Å². The number of carbonyl (C=O) groups is 2. The van der Waals surface area contributed by atoms with Crippen LogP contribution in [0.2, 0.25) is 0 Å². The Morgan fingerprint density at radius 3 is 2.62 bits per heavy atom. The van der Waals surface area contributed by atoms with Crippen molar-refractivity contribution in [3.8, 4) is 0 Å². The van der Waals surface area contributed by atoms with Gasteiger partial charge in [0.15, 0.2) is 0 Å². The van der Waals surface area contributed by atoms with Gasteiger partial charge in [0.25, 0.3) is 11.5 Å². The average molecular weight is 347 g/mol. The number of hydrogen-bond acceptors (Lipinski definition) is 3. The van der Waals surface area contributed by atoms with Crippen molar-refractivity contribution in [1.82, 2.24) is 4.98 Å². The normalized spacial score (nSPS) is 14.0. The van der Waals surface area contributed by atoms with E-state index in [4.69, 9.17) is 0 Å². The quantitative estimate of drug-likeness (QED) is 0.764. The van der Waals surface area contributed by atoms with E-state index in [-0.39, 0.29) is 17.2 Å². The molecule has 26 heavy (non-hydrogen) atoms. The van der Waals surface area contributed by atoms with Crippen LogP contribution in [0, 0.1) is 0 Å². The molecular weight excluding hydrogens is 330 g/mol. The van der Waals surface area contributed by atoms with Gasteiger partial charge in [-0.15, -0.1) is 0 Å². The number of aromatic nitrogens is 1. The van der Waals surface area contributed by atoms with E-state index in [1.54, 1.807) is 41.3 Å². The Kier molecular flexibility index (Phi) is 4.01. The van der Waals surface area contributed by atoms with Crippen molar-refractivity contribution in [2.45, 2.75) is 12.8 Å². The summed E-state index contributed by atoms with van der Waals surface area (Å²) >= 11 is 0. The molecule has 0 aliphatic carbocycles. The van der Waals surface area contributed by atoms with Gasteiger partial charge < -0.3 is 15.2 Å². The summed E-state index contributed by atoms with van der Waals surface area (Å²) in [6.07, 6.45) is 1.32. The second kappa shape index (κ2) is 6.48. The first-order valence-corrected chi connectivity index (χ1v) is 8.46. The van der Waals surface area contributed by atoms with Gasteiger partial charge in [-0.05, 0) is 36.1 Å². The van der Waals surface area contributed by atoms with Gasteiger partial charge in [0.1, 0.15) is 5.69 Å². The number of para-hydroxylation sites is 2. The summed E-state index contributed by atoms with van der Waals surface area (Å²) in [7, 11) is 0. The predicted octanol–water partition coefficient (Wildman–Crippen LogP) is 2.91. The highest BCUT2D eigenvalue weighted by atomic mass is 16.2. The summed E-state index contributed by atoms with van der Waals surface area (Å²) in [4.78, 5) is 41.2. The first kappa shape index (κ1) is 16.1. The highest BCUT2D eigenvalue weighted by molar-refractivity contribution is 6.08. The third-order valence-corrected chi connectivity index (χ3v) is 4.51. The van der Waals surface area contributed by atoms with Crippen LogP contribution >= 0.6 is 0 Å². The number of anilines is 2. The molecule has 2 heterocycles. The fourth-order valence-electron chi connectivity index (χ4n) is 3.24. The van der Waals surface area contributed by atoms with E-state index in [2.05, 4.69) is 10.3 Å². The molecule has 4 rings (SSSR count). The Morgan fingerprint density at radius 2 is 1.81 bits per heavy atom. The zero-order valence-corrected chi connectivity index (χ0v) is 14.0. The number of carbonyl (C=O) groups excluding carboxylic acids is 2. The maximum absolute atomic E-state index is 12.7. The molecule has 1 fully saturated rings. The lowest BCUT2D eigenvalue weighted by Gasteiger charge is -2.20. The van der Waals surface area contributed by atoms with Crippen molar-refractivity contribution in [3.63, 3.8) is 0 Å². The Morgan fingerprint density at radius 1 is 1.04 bits per heavy atom. The molecule has 1 aliphatic rings. The predicted molar refractivity (Wildman–Crippen MR) is 101 cm³/mol. The van der Waals surface area contributed by atoms with Gasteiger partial charge in [-0.2, -0.15) is 0 Å². The summed E-state index contributed by atoms with van der Waals surface area (Å²) in [5, 5.41) is 4.05. The first-order valence-electron chi connectivity index (χ1n) is 8.46. The van der Waals surface area contributed by atoms with Crippen LogP contribution in [0.15, 0.2) is 59.4 Å². The largest absolute Gasteiger partial charge is 0.319 e. The number of nitrogens with one attached hydrogen (secondary N) is 2. The number of amides is 2. The lowest BCUT2D eigenvalue weighted by Crippen LogP contribution is -2.26. The van der Waals surface area contributed by atoms with Crippen molar-refractivity contribution in [1.29, 1.82) is 0 Å². The fraction of sp³-hybridized carbons (Fsp3) is 0.150. The molecule has 2 N–H and O–H groups in total. The van der Waals surface area contributed by atoms with Crippen LogP contribution in [0.3, 0.4) is 0 Å². The van der Waals surface area contributed by atoms with Crippen molar-refractivity contribution >= 4 is 34.0 Å². The smallest absolute Gasteiger partial charge is 0.272 e. The minimum absolute atomic E-state index is 0.0470. The molecule has 3 aromatic rings. The van der Waals surface area contributed by atoms with Gasteiger partial charge in [-0.3, -0.25) is 14.4 Å². The summed E-state index contributed by atoms with van der Waals surface area (Å²) in [5.74, 6) is -0.377. The van der Waals surface area contributed by atoms with Gasteiger partial charge in [0.05, 0.1) is 11.4 Å². The lowest BCUT2D eigenvalue weighted by molar-refractivity contribution is -0.117. The number of pyridine rings is 1. The standard InChI is InChI=1S/C20H17N3O3/c24-18-10-5-11-23(18)17-9-4-3-8-15(17)21-20(26)16-12-13-6-1-2-7-14(13)19(25)22-16/h1-4,6-9,12H,5,10-11H2,(H,21,26)(H,22,25). The van der Waals surface area contributed by atoms with Crippen LogP contribution in [0.1, 0.15) is 23.3 Å². The topological polar surface area (TPSA) is 82.3 Å². The number of rotatable bonds is 3. The molecule has 0 spiro atoms. The molecule has 1 aromatic heterocycles. The van der Waals surface area contributed by atoms with E-state index in [0.717, 1.165) is 6.42 Å². The van der Waals surface area contributed by atoms with E-state index in [0.29, 0.717) is 35.1 Å². The Bertz CT molecular complexity index is 1070. The van der Waals surface area contributed by atoms with Crippen LogP contribution < -0.4 is 15.8 Å². The second-order valence-electron chi connectivity index (χ2n) is 6.22. The number of aromatic amines is 1. The SMILES string of the molecule is O=C(Nc1ccccc1N1CCCC1=O)c1cc2ccccc2c(=O)[nH]1. The highest BCUT2D eigenvalue weighted by Gasteiger charge is 2.24. The van der Waals surface area contributed by atoms with E-state index < -0.39 is 5.91 Å². The van der Waals surface area contributed by atoms with Crippen LogP contribution in [0.4, 0.5) is 11.4 Å². The summed E-state index contributed by atoms with van der Waals surface area (Å²) in [5.41, 5.74) is 1.08. The second-order valence-corrected chi connectivity index (χ2v) is 6.22. The van der Waals surface area contributed by atoms with E-state index >= 15 is 0 Å². The summed E-state index contributed by atoms with van der Waals surface area (Å²) in [6.45, 7) is 0.637. The Balaban J connectivity index is 1.67. The molecule has 0 atom stereocenters. The van der Waals surface area contributed by atoms with Gasteiger partial charge in [-0.25, -0.2) is 0 Å². The fourth-order valence-corrected chi connectivity index (χ4v) is 3.24. The highest BCUT2D eigenvalue weighted by Crippen LogP contribution is 2.29. The summed E-state index contributed by atoms with van der Waals surface area (Å²) < 4.78 is 0. The molecule has 130 valence electrons. The number of benzene rings is 2. The molecule has 0 bridgehead atoms. The number of H-pyrrole nitrogens is 1. The minimum atomic E-state index is -0.424. The monoisotopic (exact) mass is 347 g/mol. The molecular formula is C20H17N3O3. The molecule has 2 amide bonds. The molecule has 0 saturated carbocycles. The van der Waals surface area contributed by atoms with Gasteiger partial charge in [0.2, 0.25) is 5.91 Å². The number of hydrogen-bond donors (Lipinski definition) is 2. The average Bonchev–Trinajstić information content (AvgIpc) is 3.08. The molecule has 1 saturated heterocycles. The number of nitrogens with zero attached hydrogens (tertiary/aromatic N) is 1. The van der Waals surface area contributed by atoms with Gasteiger partial charge in [-0.1, -0.05) is 30.3 Å². The van der Waals surface area contributed by atoms with Crippen molar-refractivity contribution in [2.75, 3.05) is 16.8 Å². The molecule has 6 heteroatoms.